The molecule has 5 rings (SSSR count). The number of hydrogen-bond donors (Lipinski definition) is 2. The molecule has 0 aromatic heterocycles. The first-order chi connectivity index (χ1) is 20.4. The molecular formula is C34H37N2O5P. The normalized spacial score (nSPS) is 20.6. The molecule has 4 aromatic carbocycles. The summed E-state index contributed by atoms with van der Waals surface area (Å²) in [6.45, 7) is 0.353. The molecule has 8 heteroatoms. The van der Waals surface area contributed by atoms with Crippen LogP contribution in [-0.4, -0.2) is 44.7 Å². The maximum Gasteiger partial charge on any atom is 0.322 e. The highest BCUT2D eigenvalue weighted by Gasteiger charge is 2.54. The SMILES string of the molecule is COP1(=O)C(Cc2ccccc2)N(Cc2ccc(CO)cc2)C(=O)N(Cc2ccc(CO)cc2)C1Cc1ccccc1. The van der Waals surface area contributed by atoms with Gasteiger partial charge < -0.3 is 24.5 Å². The number of hydrogen-bond acceptors (Lipinski definition) is 5. The molecule has 0 saturated carbocycles. The van der Waals surface area contributed by atoms with Crippen LogP contribution in [0.1, 0.15) is 33.4 Å². The summed E-state index contributed by atoms with van der Waals surface area (Å²) < 4.78 is 21.4. The van der Waals surface area contributed by atoms with E-state index in [0.717, 1.165) is 33.4 Å². The van der Waals surface area contributed by atoms with E-state index in [1.807, 2.05) is 109 Å². The summed E-state index contributed by atoms with van der Waals surface area (Å²) in [6.07, 6.45) is 0.771. The Kier molecular flexibility index (Phi) is 9.55. The number of carbonyl (C=O) groups excluding carboxylic acids is 1. The Hall–Kier alpha value is -3.74. The molecule has 0 bridgehead atoms. The Balaban J connectivity index is 1.60. The van der Waals surface area contributed by atoms with Gasteiger partial charge in [0.2, 0.25) is 7.37 Å². The van der Waals surface area contributed by atoms with Gasteiger partial charge in [-0.1, -0.05) is 109 Å². The standard InChI is InChI=1S/C34H37N2O5P/c1-41-42(40)32(20-26-8-4-2-5-9-26)35(22-28-12-16-30(24-37)17-13-28)34(39)36(23-29-14-18-31(25-38)19-15-29)33(42)21-27-10-6-3-7-11-27/h2-19,32-33,37-38H,20-25H2,1H3. The van der Waals surface area contributed by atoms with Crippen LogP contribution < -0.4 is 0 Å². The Labute approximate surface area is 247 Å². The lowest BCUT2D eigenvalue weighted by molar-refractivity contribution is 0.109. The van der Waals surface area contributed by atoms with Gasteiger partial charge in [-0.15, -0.1) is 0 Å². The van der Waals surface area contributed by atoms with Crippen molar-refractivity contribution in [1.82, 2.24) is 9.80 Å². The maximum absolute atomic E-state index is 15.3. The largest absolute Gasteiger partial charge is 0.392 e. The third-order valence-electron chi connectivity index (χ3n) is 7.97. The summed E-state index contributed by atoms with van der Waals surface area (Å²) in [5, 5.41) is 19.0. The van der Waals surface area contributed by atoms with Crippen molar-refractivity contribution < 1.29 is 24.1 Å². The van der Waals surface area contributed by atoms with Gasteiger partial charge in [0.25, 0.3) is 0 Å². The molecule has 1 heterocycles. The second kappa shape index (κ2) is 13.5. The van der Waals surface area contributed by atoms with Crippen LogP contribution in [0, 0.1) is 0 Å². The minimum absolute atomic E-state index is 0.0670. The van der Waals surface area contributed by atoms with E-state index in [1.54, 1.807) is 9.80 Å². The van der Waals surface area contributed by atoms with Crippen LogP contribution in [0.25, 0.3) is 0 Å². The van der Waals surface area contributed by atoms with Gasteiger partial charge in [-0.3, -0.25) is 4.57 Å². The minimum atomic E-state index is -3.55. The minimum Gasteiger partial charge on any atom is -0.392 e. The fourth-order valence-electron chi connectivity index (χ4n) is 5.61. The van der Waals surface area contributed by atoms with Crippen molar-refractivity contribution >= 4 is 13.4 Å². The molecular weight excluding hydrogens is 547 g/mol. The van der Waals surface area contributed by atoms with Crippen LogP contribution in [0.4, 0.5) is 4.79 Å². The zero-order chi connectivity index (χ0) is 29.5. The van der Waals surface area contributed by atoms with Crippen LogP contribution in [-0.2, 0) is 48.2 Å². The van der Waals surface area contributed by atoms with Crippen LogP contribution >= 0.6 is 7.37 Å². The van der Waals surface area contributed by atoms with E-state index >= 15 is 4.57 Å². The highest BCUT2D eigenvalue weighted by atomic mass is 31.2. The number of aliphatic hydroxyl groups excluding tert-OH is 2. The summed E-state index contributed by atoms with van der Waals surface area (Å²) in [4.78, 5) is 18.0. The van der Waals surface area contributed by atoms with Crippen LogP contribution in [0.15, 0.2) is 109 Å². The summed E-state index contributed by atoms with van der Waals surface area (Å²) in [5.41, 5.74) is 5.25. The van der Waals surface area contributed by atoms with E-state index in [9.17, 15) is 15.0 Å². The smallest absolute Gasteiger partial charge is 0.322 e. The van der Waals surface area contributed by atoms with E-state index in [4.69, 9.17) is 4.52 Å². The molecule has 0 aliphatic carbocycles. The second-order valence-electron chi connectivity index (χ2n) is 10.7. The molecule has 2 atom stereocenters. The molecule has 4 aromatic rings. The van der Waals surface area contributed by atoms with Crippen molar-refractivity contribution in [2.45, 2.75) is 50.7 Å². The Bertz CT molecular complexity index is 1390. The molecule has 1 saturated heterocycles. The number of aliphatic hydroxyl groups is 2. The first kappa shape index (κ1) is 29.7. The quantitative estimate of drug-likeness (QED) is 0.206. The zero-order valence-corrected chi connectivity index (χ0v) is 24.6. The number of benzene rings is 4. The summed E-state index contributed by atoms with van der Waals surface area (Å²) in [5.74, 6) is -1.37. The molecule has 218 valence electrons. The maximum atomic E-state index is 15.3. The van der Waals surface area contributed by atoms with E-state index in [-0.39, 0.29) is 32.3 Å². The van der Waals surface area contributed by atoms with Gasteiger partial charge in [-0.05, 0) is 33.4 Å². The number of amides is 2. The van der Waals surface area contributed by atoms with Gasteiger partial charge in [0, 0.05) is 33.0 Å². The fraction of sp³-hybridized carbons (Fsp3) is 0.265. The lowest BCUT2D eigenvalue weighted by Crippen LogP contribution is -2.58. The summed E-state index contributed by atoms with van der Waals surface area (Å²) in [6, 6.07) is 34.3. The molecule has 2 amide bonds. The van der Waals surface area contributed by atoms with Crippen molar-refractivity contribution in [3.63, 3.8) is 0 Å². The first-order valence-electron chi connectivity index (χ1n) is 14.1. The monoisotopic (exact) mass is 584 g/mol. The molecule has 7 nitrogen and oxygen atoms in total. The zero-order valence-electron chi connectivity index (χ0n) is 23.8. The van der Waals surface area contributed by atoms with Crippen molar-refractivity contribution in [1.29, 1.82) is 0 Å². The Morgan fingerprint density at radius 3 is 1.29 bits per heavy atom. The second-order valence-corrected chi connectivity index (χ2v) is 13.5. The molecule has 42 heavy (non-hydrogen) atoms. The number of nitrogens with zero attached hydrogens (tertiary/aromatic N) is 2. The Morgan fingerprint density at radius 1 is 0.595 bits per heavy atom. The van der Waals surface area contributed by atoms with Gasteiger partial charge in [0.05, 0.1) is 13.2 Å². The predicted octanol–water partition coefficient (Wildman–Crippen LogP) is 6.17. The predicted molar refractivity (Wildman–Crippen MR) is 164 cm³/mol. The number of urea groups is 1. The van der Waals surface area contributed by atoms with E-state index in [1.165, 1.54) is 7.11 Å². The van der Waals surface area contributed by atoms with E-state index < -0.39 is 18.9 Å². The van der Waals surface area contributed by atoms with Gasteiger partial charge in [-0.25, -0.2) is 4.79 Å². The van der Waals surface area contributed by atoms with Crippen LogP contribution in [0.3, 0.4) is 0 Å². The molecule has 2 unspecified atom stereocenters. The highest BCUT2D eigenvalue weighted by molar-refractivity contribution is 7.60. The number of carbonyl (C=O) groups is 1. The summed E-state index contributed by atoms with van der Waals surface area (Å²) >= 11 is 0. The number of rotatable bonds is 11. The average Bonchev–Trinajstić information content (AvgIpc) is 3.04. The van der Waals surface area contributed by atoms with Gasteiger partial charge >= 0.3 is 6.03 Å². The third-order valence-corrected chi connectivity index (χ3v) is 11.1. The van der Waals surface area contributed by atoms with Crippen molar-refractivity contribution in [2.24, 2.45) is 0 Å². The molecule has 1 aliphatic rings. The molecule has 1 fully saturated rings. The fourth-order valence-corrected chi connectivity index (χ4v) is 8.57. The lowest BCUT2D eigenvalue weighted by atomic mass is 10.1. The average molecular weight is 585 g/mol. The molecule has 0 radical (unpaired) electrons. The summed E-state index contributed by atoms with van der Waals surface area (Å²) in [7, 11) is -2.05. The van der Waals surface area contributed by atoms with Crippen molar-refractivity contribution in [2.75, 3.05) is 7.11 Å². The van der Waals surface area contributed by atoms with Crippen molar-refractivity contribution in [3.05, 3.63) is 143 Å². The lowest BCUT2D eigenvalue weighted by Gasteiger charge is -2.50. The van der Waals surface area contributed by atoms with Gasteiger partial charge in [0.1, 0.15) is 11.6 Å². The Morgan fingerprint density at radius 2 is 0.952 bits per heavy atom. The first-order valence-corrected chi connectivity index (χ1v) is 15.9. The molecule has 1 aliphatic heterocycles. The topological polar surface area (TPSA) is 90.3 Å². The highest BCUT2D eigenvalue weighted by Crippen LogP contribution is 2.62. The van der Waals surface area contributed by atoms with Crippen LogP contribution in [0.5, 0.6) is 0 Å². The van der Waals surface area contributed by atoms with E-state index in [2.05, 4.69) is 0 Å². The van der Waals surface area contributed by atoms with Crippen LogP contribution in [0.2, 0.25) is 0 Å². The van der Waals surface area contributed by atoms with Gasteiger partial charge in [0.15, 0.2) is 0 Å². The van der Waals surface area contributed by atoms with Gasteiger partial charge in [-0.2, -0.15) is 0 Å². The third kappa shape index (κ3) is 6.50. The van der Waals surface area contributed by atoms with Crippen molar-refractivity contribution in [3.8, 4) is 0 Å². The van der Waals surface area contributed by atoms with E-state index in [0.29, 0.717) is 12.8 Å². The molecule has 0 spiro atoms. The molecule has 2 N–H and O–H groups in total.